The molecule has 0 bridgehead atoms. The molecule has 0 spiro atoms. The van der Waals surface area contributed by atoms with Crippen LogP contribution in [0.1, 0.15) is 16.1 Å². The van der Waals surface area contributed by atoms with Gasteiger partial charge in [0.15, 0.2) is 27.1 Å². The van der Waals surface area contributed by atoms with Crippen molar-refractivity contribution in [1.82, 2.24) is 24.5 Å². The molecule has 0 unspecified atom stereocenters. The van der Waals surface area contributed by atoms with Gasteiger partial charge in [-0.2, -0.15) is 0 Å². The first-order valence-corrected chi connectivity index (χ1v) is 11.6. The highest BCUT2D eigenvalue weighted by Crippen LogP contribution is 2.19. The Labute approximate surface area is 196 Å². The number of amides is 1. The summed E-state index contributed by atoms with van der Waals surface area (Å²) in [7, 11) is 1.26. The first-order valence-electron chi connectivity index (χ1n) is 9.77. The zero-order chi connectivity index (χ0) is 23.2. The number of nitrogens with zero attached hydrogens (tertiary/aromatic N) is 5. The van der Waals surface area contributed by atoms with Crippen molar-refractivity contribution in [2.45, 2.75) is 18.1 Å². The van der Waals surface area contributed by atoms with Crippen LogP contribution in [-0.2, 0) is 22.5 Å². The van der Waals surface area contributed by atoms with Gasteiger partial charge in [-0.15, -0.1) is 11.3 Å². The van der Waals surface area contributed by atoms with E-state index in [9.17, 15) is 14.4 Å². The van der Waals surface area contributed by atoms with Gasteiger partial charge in [-0.1, -0.05) is 42.1 Å². The van der Waals surface area contributed by atoms with Gasteiger partial charge in [-0.25, -0.2) is 24.7 Å². The molecular weight excluding hydrogens is 464 g/mol. The van der Waals surface area contributed by atoms with Crippen molar-refractivity contribution in [3.63, 3.8) is 0 Å². The maximum Gasteiger partial charge on any atom is 0.357 e. The van der Waals surface area contributed by atoms with Gasteiger partial charge in [0.2, 0.25) is 5.91 Å². The van der Waals surface area contributed by atoms with Crippen LogP contribution in [-0.4, -0.2) is 49.2 Å². The molecule has 1 aromatic carbocycles. The van der Waals surface area contributed by atoms with Crippen LogP contribution in [0.15, 0.2) is 58.1 Å². The van der Waals surface area contributed by atoms with Gasteiger partial charge in [0, 0.05) is 24.3 Å². The van der Waals surface area contributed by atoms with Crippen molar-refractivity contribution in [2.24, 2.45) is 0 Å². The predicted molar refractivity (Wildman–Crippen MR) is 125 cm³/mol. The van der Waals surface area contributed by atoms with Crippen molar-refractivity contribution >= 4 is 51.3 Å². The second-order valence-corrected chi connectivity index (χ2v) is 8.48. The molecule has 0 fully saturated rings. The molecule has 4 rings (SSSR count). The fourth-order valence-electron chi connectivity index (χ4n) is 2.94. The van der Waals surface area contributed by atoms with Crippen molar-refractivity contribution < 1.29 is 14.3 Å². The van der Waals surface area contributed by atoms with Crippen LogP contribution in [0, 0.1) is 0 Å². The van der Waals surface area contributed by atoms with E-state index in [1.165, 1.54) is 29.5 Å². The molecular formula is C21H18N6O4S2. The Morgan fingerprint density at radius 3 is 2.73 bits per heavy atom. The quantitative estimate of drug-likeness (QED) is 0.229. The van der Waals surface area contributed by atoms with Crippen molar-refractivity contribution in [3.05, 3.63) is 69.7 Å². The van der Waals surface area contributed by atoms with E-state index < -0.39 is 5.97 Å². The number of aryl methyl sites for hydroxylation is 1. The minimum atomic E-state index is -0.579. The number of hydrogen-bond acceptors (Lipinski definition) is 10. The topological polar surface area (TPSA) is 129 Å². The Kier molecular flexibility index (Phi) is 7.05. The van der Waals surface area contributed by atoms with Gasteiger partial charge in [0.1, 0.15) is 0 Å². The zero-order valence-electron chi connectivity index (χ0n) is 17.4. The van der Waals surface area contributed by atoms with Crippen molar-refractivity contribution in [2.75, 3.05) is 18.2 Å². The maximum absolute atomic E-state index is 13.1. The van der Waals surface area contributed by atoms with Crippen LogP contribution in [0.5, 0.6) is 0 Å². The van der Waals surface area contributed by atoms with Gasteiger partial charge in [0.25, 0.3) is 5.56 Å². The molecule has 12 heteroatoms. The number of thiazole rings is 1. The highest BCUT2D eigenvalue weighted by atomic mass is 32.2. The Morgan fingerprint density at radius 2 is 1.94 bits per heavy atom. The first kappa shape index (κ1) is 22.6. The Bertz CT molecular complexity index is 1360. The van der Waals surface area contributed by atoms with E-state index in [2.05, 4.69) is 30.0 Å². The van der Waals surface area contributed by atoms with E-state index in [0.717, 1.165) is 28.7 Å². The smallest absolute Gasteiger partial charge is 0.357 e. The summed E-state index contributed by atoms with van der Waals surface area (Å²) in [6.07, 6.45) is 3.53. The molecule has 33 heavy (non-hydrogen) atoms. The van der Waals surface area contributed by atoms with Crippen LogP contribution >= 0.6 is 23.1 Å². The zero-order valence-corrected chi connectivity index (χ0v) is 19.1. The number of carbonyl (C=O) groups is 2. The molecule has 168 valence electrons. The number of thioether (sulfide) groups is 1. The summed E-state index contributed by atoms with van der Waals surface area (Å²) in [6, 6.07) is 9.77. The number of ether oxygens (including phenoxy) is 1. The summed E-state index contributed by atoms with van der Waals surface area (Å²) in [5, 5.41) is 4.78. The number of carbonyl (C=O) groups excluding carboxylic acids is 2. The van der Waals surface area contributed by atoms with Crippen LogP contribution in [0.4, 0.5) is 5.13 Å². The lowest BCUT2D eigenvalue weighted by Crippen LogP contribution is -2.26. The Balaban J connectivity index is 1.52. The molecule has 0 aliphatic carbocycles. The summed E-state index contributed by atoms with van der Waals surface area (Å²) < 4.78 is 6.13. The third-order valence-corrected chi connectivity index (χ3v) is 6.24. The number of methoxy groups -OCH3 is 1. The summed E-state index contributed by atoms with van der Waals surface area (Å²) in [6.45, 7) is 0.376. The highest BCUT2D eigenvalue weighted by Gasteiger charge is 2.16. The number of rotatable bonds is 8. The van der Waals surface area contributed by atoms with Gasteiger partial charge < -0.3 is 10.1 Å². The second kappa shape index (κ2) is 10.3. The molecule has 1 N–H and O–H groups in total. The SMILES string of the molecule is COC(=O)c1csc(NC(=O)CSc2nc3nccnc3c(=O)n2CCc2ccccc2)n1. The molecule has 0 aliphatic heterocycles. The Morgan fingerprint density at radius 1 is 1.15 bits per heavy atom. The molecule has 0 saturated carbocycles. The summed E-state index contributed by atoms with van der Waals surface area (Å²) in [4.78, 5) is 53.8. The largest absolute Gasteiger partial charge is 0.464 e. The van der Waals surface area contributed by atoms with Gasteiger partial charge in [-0.3, -0.25) is 14.2 Å². The monoisotopic (exact) mass is 482 g/mol. The standard InChI is InChI=1S/C21H18N6O4S2/c1-31-19(30)14-11-32-20(24-14)25-15(28)12-33-21-26-17-16(22-8-9-23-17)18(29)27(21)10-7-13-5-3-2-4-6-13/h2-6,8-9,11H,7,10,12H2,1H3,(H,24,25,28). The van der Waals surface area contributed by atoms with E-state index in [-0.39, 0.29) is 39.2 Å². The third kappa shape index (κ3) is 5.41. The van der Waals surface area contributed by atoms with E-state index >= 15 is 0 Å². The normalized spacial score (nSPS) is 10.8. The highest BCUT2D eigenvalue weighted by molar-refractivity contribution is 7.99. The van der Waals surface area contributed by atoms with Crippen LogP contribution < -0.4 is 10.9 Å². The fourth-order valence-corrected chi connectivity index (χ4v) is 4.45. The van der Waals surface area contributed by atoms with E-state index in [4.69, 9.17) is 0 Å². The number of anilines is 1. The minimum absolute atomic E-state index is 0.0172. The lowest BCUT2D eigenvalue weighted by molar-refractivity contribution is -0.113. The van der Waals surface area contributed by atoms with Gasteiger partial charge >= 0.3 is 5.97 Å². The third-order valence-electron chi connectivity index (χ3n) is 4.50. The summed E-state index contributed by atoms with van der Waals surface area (Å²) >= 11 is 2.23. The van der Waals surface area contributed by atoms with Crippen molar-refractivity contribution in [3.8, 4) is 0 Å². The number of esters is 1. The average Bonchev–Trinajstić information content (AvgIpc) is 3.31. The van der Waals surface area contributed by atoms with Crippen LogP contribution in [0.25, 0.3) is 11.2 Å². The maximum atomic E-state index is 13.1. The lowest BCUT2D eigenvalue weighted by Gasteiger charge is -2.12. The summed E-state index contributed by atoms with van der Waals surface area (Å²) in [5.41, 5.74) is 1.29. The number of benzene rings is 1. The molecule has 0 aliphatic rings. The van der Waals surface area contributed by atoms with Gasteiger partial charge in [-0.05, 0) is 12.0 Å². The second-order valence-electron chi connectivity index (χ2n) is 6.68. The van der Waals surface area contributed by atoms with E-state index in [1.54, 1.807) is 0 Å². The molecule has 0 atom stereocenters. The molecule has 1 amide bonds. The molecule has 3 heterocycles. The van der Waals surface area contributed by atoms with Gasteiger partial charge in [0.05, 0.1) is 12.9 Å². The predicted octanol–water partition coefficient (Wildman–Crippen LogP) is 2.40. The molecule has 10 nitrogen and oxygen atoms in total. The van der Waals surface area contributed by atoms with Crippen LogP contribution in [0.2, 0.25) is 0 Å². The molecule has 0 radical (unpaired) electrons. The van der Waals surface area contributed by atoms with E-state index in [1.807, 2.05) is 30.3 Å². The number of nitrogens with one attached hydrogen (secondary N) is 1. The molecule has 4 aromatic rings. The number of aromatic nitrogens is 5. The van der Waals surface area contributed by atoms with E-state index in [0.29, 0.717) is 18.1 Å². The van der Waals surface area contributed by atoms with Crippen LogP contribution in [0.3, 0.4) is 0 Å². The first-order chi connectivity index (χ1) is 16.0. The average molecular weight is 483 g/mol. The van der Waals surface area contributed by atoms with Crippen molar-refractivity contribution in [1.29, 1.82) is 0 Å². The number of hydrogen-bond donors (Lipinski definition) is 1. The lowest BCUT2D eigenvalue weighted by atomic mass is 10.1. The number of fused-ring (bicyclic) bond motifs is 1. The molecule has 3 aromatic heterocycles. The molecule has 0 saturated heterocycles. The summed E-state index contributed by atoms with van der Waals surface area (Å²) in [5.74, 6) is -0.949. The Hall–Kier alpha value is -3.64. The minimum Gasteiger partial charge on any atom is -0.464 e. The fraction of sp³-hybridized carbons (Fsp3) is 0.190.